The second-order valence-corrected chi connectivity index (χ2v) is 22.1. The summed E-state index contributed by atoms with van der Waals surface area (Å²) in [7, 11) is 0. The topological polar surface area (TPSA) is 274 Å². The Morgan fingerprint density at radius 1 is 0.333 bits per heavy atom. The van der Waals surface area contributed by atoms with Crippen LogP contribution in [-0.4, -0.2) is 148 Å². The molecule has 2 aliphatic rings. The fourth-order valence-corrected chi connectivity index (χ4v) is 10.2. The van der Waals surface area contributed by atoms with Crippen LogP contribution in [0.5, 0.6) is 0 Å². The lowest BCUT2D eigenvalue weighted by Gasteiger charge is -2.48. The van der Waals surface area contributed by atoms with Gasteiger partial charge in [0.15, 0.2) is 49.2 Å². The Labute approximate surface area is 499 Å². The van der Waals surface area contributed by atoms with Gasteiger partial charge in [0.25, 0.3) is 0 Å². The van der Waals surface area contributed by atoms with E-state index in [1.165, 1.54) is 109 Å². The minimum Gasteiger partial charge on any atom is -0.463 e. The summed E-state index contributed by atoms with van der Waals surface area (Å²) in [5.74, 6) is -7.29. The van der Waals surface area contributed by atoms with E-state index in [9.17, 15) is 43.2 Å². The number of carbonyl (C=O) groups is 9. The van der Waals surface area contributed by atoms with Crippen molar-refractivity contribution in [3.05, 3.63) is 0 Å². The first-order chi connectivity index (χ1) is 40.2. The highest BCUT2D eigenvalue weighted by molar-refractivity contribution is 5.71. The molecule has 1 unspecified atom stereocenters. The van der Waals surface area contributed by atoms with Gasteiger partial charge in [-0.05, 0) is 12.8 Å². The summed E-state index contributed by atoms with van der Waals surface area (Å²) in [6.45, 7) is 9.69. The van der Waals surface area contributed by atoms with Crippen molar-refractivity contribution in [2.45, 2.75) is 316 Å². The molecule has 0 spiro atoms. The summed E-state index contributed by atoms with van der Waals surface area (Å²) in [6.07, 6.45) is 12.5. The minimum absolute atomic E-state index is 0.0474. The molecule has 0 aliphatic carbocycles. The Balaban J connectivity index is 2.41. The highest BCUT2D eigenvalue weighted by Crippen LogP contribution is 2.36. The van der Waals surface area contributed by atoms with Crippen LogP contribution in [0.1, 0.15) is 249 Å². The van der Waals surface area contributed by atoms with Gasteiger partial charge >= 0.3 is 53.7 Å². The van der Waals surface area contributed by atoms with Crippen LogP contribution in [0.4, 0.5) is 0 Å². The second kappa shape index (κ2) is 45.4. The SMILES string of the molecule is CCCCCCCCCCCCCCCCC(=O)OC[C@H]1O[C@H](OCC(COC(=O)CCCCCCCCCCCCCCC)OC(C)=O)[C@@H](OC(C)=O)[C@@H](O[C@H]2O[C@H](COC(C)=O)[C@@H](OC(C)=O)[C@H](OC(C)=O)[C@H]2OC(C)=O)[C@@H]1OC(C)=O. The lowest BCUT2D eigenvalue weighted by atomic mass is 9.96. The van der Waals surface area contributed by atoms with Crippen LogP contribution in [0.3, 0.4) is 0 Å². The first-order valence-electron chi connectivity index (χ1n) is 31.3. The zero-order valence-electron chi connectivity index (χ0n) is 52.2. The van der Waals surface area contributed by atoms with Crippen molar-refractivity contribution in [2.24, 2.45) is 0 Å². The standard InChI is InChI=1S/C62H104O22/c1-10-12-14-16-18-20-22-24-26-28-30-32-34-36-38-54(71)74-42-52-56(78-46(6)66)58(84-62-60(81-49(9)69)57(79-47(7)67)55(77-45(5)65)51(83-62)41-72-43(3)63)59(80-48(8)68)61(82-52)75-40-50(76-44(4)64)39-73-53(70)37-35-33-31-29-27-25-23-21-19-17-15-13-11-2/h50-52,55-62H,10-42H2,1-9H3/t50?,51-,52-,55-,56-,57+,58+,59+,60-,61+,62-/m1/s1. The molecule has 0 aromatic carbocycles. The molecular weight excluding hydrogens is 1100 g/mol. The van der Waals surface area contributed by atoms with Gasteiger partial charge in [-0.2, -0.15) is 0 Å². The van der Waals surface area contributed by atoms with Crippen LogP contribution >= 0.6 is 0 Å². The number of ether oxygens (including phenoxy) is 13. The first kappa shape index (κ1) is 75.2. The number of esters is 9. The van der Waals surface area contributed by atoms with Gasteiger partial charge < -0.3 is 61.6 Å². The number of hydrogen-bond acceptors (Lipinski definition) is 22. The van der Waals surface area contributed by atoms with Crippen molar-refractivity contribution in [1.82, 2.24) is 0 Å². The van der Waals surface area contributed by atoms with E-state index in [-0.39, 0.29) is 12.8 Å². The van der Waals surface area contributed by atoms with E-state index >= 15 is 0 Å². The number of carbonyl (C=O) groups excluding carboxylic acids is 9. The van der Waals surface area contributed by atoms with E-state index in [0.717, 1.165) is 99.8 Å². The zero-order chi connectivity index (χ0) is 62.1. The third-order valence-corrected chi connectivity index (χ3v) is 14.3. The van der Waals surface area contributed by atoms with Gasteiger partial charge in [0.1, 0.15) is 38.1 Å². The Kier molecular flexibility index (Phi) is 40.6. The van der Waals surface area contributed by atoms with Crippen molar-refractivity contribution >= 4 is 53.7 Å². The molecule has 484 valence electrons. The van der Waals surface area contributed by atoms with Crippen molar-refractivity contribution in [3.8, 4) is 0 Å². The van der Waals surface area contributed by atoms with Crippen molar-refractivity contribution in [3.63, 3.8) is 0 Å². The quantitative estimate of drug-likeness (QED) is 0.0311. The summed E-state index contributed by atoms with van der Waals surface area (Å²) in [6, 6.07) is 0. The monoisotopic (exact) mass is 1200 g/mol. The largest absolute Gasteiger partial charge is 0.463 e. The molecule has 0 aromatic heterocycles. The van der Waals surface area contributed by atoms with E-state index in [1.807, 2.05) is 0 Å². The fourth-order valence-electron chi connectivity index (χ4n) is 10.2. The molecule has 84 heavy (non-hydrogen) atoms. The van der Waals surface area contributed by atoms with Gasteiger partial charge in [-0.15, -0.1) is 0 Å². The Hall–Kier alpha value is -4.93. The smallest absolute Gasteiger partial charge is 0.305 e. The van der Waals surface area contributed by atoms with Gasteiger partial charge in [0.2, 0.25) is 0 Å². The number of rotatable bonds is 46. The van der Waals surface area contributed by atoms with Crippen LogP contribution in [0.25, 0.3) is 0 Å². The van der Waals surface area contributed by atoms with Crippen LogP contribution in [-0.2, 0) is 105 Å². The zero-order valence-corrected chi connectivity index (χ0v) is 52.2. The summed E-state index contributed by atoms with van der Waals surface area (Å²) in [4.78, 5) is 115. The van der Waals surface area contributed by atoms with Gasteiger partial charge in [0.05, 0.1) is 6.61 Å². The van der Waals surface area contributed by atoms with E-state index in [2.05, 4.69) is 13.8 Å². The highest BCUT2D eigenvalue weighted by atomic mass is 16.8. The maximum Gasteiger partial charge on any atom is 0.305 e. The van der Waals surface area contributed by atoms with Crippen molar-refractivity contribution < 1.29 is 105 Å². The molecular formula is C62H104O22. The minimum atomic E-state index is -1.92. The molecule has 2 aliphatic heterocycles. The predicted molar refractivity (Wildman–Crippen MR) is 305 cm³/mol. The number of hydrogen-bond donors (Lipinski definition) is 0. The molecule has 22 nitrogen and oxygen atoms in total. The lowest BCUT2D eigenvalue weighted by molar-refractivity contribution is -0.363. The van der Waals surface area contributed by atoms with Gasteiger partial charge in [-0.1, -0.05) is 174 Å². The molecule has 11 atom stereocenters. The van der Waals surface area contributed by atoms with Crippen LogP contribution in [0, 0.1) is 0 Å². The predicted octanol–water partition coefficient (Wildman–Crippen LogP) is 10.4. The Morgan fingerprint density at radius 3 is 1.06 bits per heavy atom. The normalized spacial score (nSPS) is 22.4. The number of unbranched alkanes of at least 4 members (excludes halogenated alkanes) is 25. The molecule has 0 N–H and O–H groups in total. The first-order valence-corrected chi connectivity index (χ1v) is 31.3. The highest BCUT2D eigenvalue weighted by Gasteiger charge is 2.58. The molecule has 2 fully saturated rings. The van der Waals surface area contributed by atoms with E-state index in [1.54, 1.807) is 0 Å². The molecule has 0 bridgehead atoms. The maximum atomic E-state index is 13.4. The molecule has 0 aromatic rings. The van der Waals surface area contributed by atoms with Gasteiger partial charge in [-0.3, -0.25) is 43.2 Å². The van der Waals surface area contributed by atoms with Crippen LogP contribution in [0.2, 0.25) is 0 Å². The second-order valence-electron chi connectivity index (χ2n) is 22.1. The average molecular weight is 1200 g/mol. The molecule has 0 radical (unpaired) electrons. The lowest BCUT2D eigenvalue weighted by Crippen LogP contribution is -2.67. The summed E-state index contributed by atoms with van der Waals surface area (Å²) in [5.41, 5.74) is 0. The molecule has 2 heterocycles. The summed E-state index contributed by atoms with van der Waals surface area (Å²) >= 11 is 0. The van der Waals surface area contributed by atoms with Crippen molar-refractivity contribution in [2.75, 3.05) is 26.4 Å². The molecule has 22 heteroatoms. The Morgan fingerprint density at radius 2 is 0.667 bits per heavy atom. The molecule has 2 rings (SSSR count). The summed E-state index contributed by atoms with van der Waals surface area (Å²) < 4.78 is 75.7. The van der Waals surface area contributed by atoms with Crippen molar-refractivity contribution in [1.29, 1.82) is 0 Å². The third-order valence-electron chi connectivity index (χ3n) is 14.3. The van der Waals surface area contributed by atoms with Crippen LogP contribution in [0.15, 0.2) is 0 Å². The Bertz CT molecular complexity index is 1910. The average Bonchev–Trinajstić information content (AvgIpc) is 3.39. The van der Waals surface area contributed by atoms with Gasteiger partial charge in [-0.25, -0.2) is 0 Å². The molecule has 0 saturated carbocycles. The fraction of sp³-hybridized carbons (Fsp3) is 0.855. The van der Waals surface area contributed by atoms with E-state index < -0.39 is 148 Å². The van der Waals surface area contributed by atoms with Crippen LogP contribution < -0.4 is 0 Å². The maximum absolute atomic E-state index is 13.4. The van der Waals surface area contributed by atoms with E-state index in [0.29, 0.717) is 12.8 Å². The third kappa shape index (κ3) is 34.3. The molecule has 0 amide bonds. The van der Waals surface area contributed by atoms with E-state index in [4.69, 9.17) is 61.6 Å². The molecule has 2 saturated heterocycles. The summed E-state index contributed by atoms with van der Waals surface area (Å²) in [5, 5.41) is 0. The van der Waals surface area contributed by atoms with Gasteiger partial charge in [0, 0.05) is 61.3 Å².